The average molecular weight is 323 g/mol. The van der Waals surface area contributed by atoms with Crippen LogP contribution in [-0.4, -0.2) is 17.8 Å². The largest absolute Gasteiger partial charge is 0.423 e. The Hall–Kier alpha value is -2.69. The molecule has 0 radical (unpaired) electrons. The van der Waals surface area contributed by atoms with E-state index in [0.29, 0.717) is 17.0 Å². The fraction of sp³-hybridized carbons (Fsp3) is 0.316. The third kappa shape index (κ3) is 2.04. The van der Waals surface area contributed by atoms with E-state index < -0.39 is 5.97 Å². The Morgan fingerprint density at radius 3 is 2.12 bits per heavy atom. The summed E-state index contributed by atoms with van der Waals surface area (Å²) in [6, 6.07) is 6.43. The third-order valence-corrected chi connectivity index (χ3v) is 5.12. The number of hydrogen-bond donors (Lipinski definition) is 0. The Balaban J connectivity index is 1.57. The van der Waals surface area contributed by atoms with Crippen LogP contribution in [0.25, 0.3) is 0 Å². The normalized spacial score (nSPS) is 30.0. The Labute approximate surface area is 139 Å². The molecule has 2 amide bonds. The first-order chi connectivity index (χ1) is 11.5. The molecule has 4 atom stereocenters. The lowest BCUT2D eigenvalue weighted by Gasteiger charge is -2.17. The first kappa shape index (κ1) is 14.9. The molecule has 1 aromatic carbocycles. The van der Waals surface area contributed by atoms with Crippen LogP contribution in [0.4, 0.5) is 5.69 Å². The third-order valence-electron chi connectivity index (χ3n) is 5.12. The molecule has 0 spiro atoms. The van der Waals surface area contributed by atoms with Gasteiger partial charge in [0.1, 0.15) is 5.75 Å². The van der Waals surface area contributed by atoms with E-state index >= 15 is 0 Å². The zero-order chi connectivity index (χ0) is 17.0. The van der Waals surface area contributed by atoms with Crippen LogP contribution in [0.2, 0.25) is 0 Å². The van der Waals surface area contributed by atoms with E-state index in [1.807, 2.05) is 0 Å². The van der Waals surface area contributed by atoms with E-state index in [1.165, 1.54) is 4.90 Å². The SMILES string of the molecule is C=C(C)C(=O)Oc1ccc(N2C(=O)[C@@H]3C4C=CC(C4)[C@@H]3C2=O)cc1. The molecular formula is C19H17NO4. The smallest absolute Gasteiger partial charge is 0.338 e. The van der Waals surface area contributed by atoms with Gasteiger partial charge in [0.15, 0.2) is 0 Å². The summed E-state index contributed by atoms with van der Waals surface area (Å²) < 4.78 is 5.13. The summed E-state index contributed by atoms with van der Waals surface area (Å²) in [5.74, 6) is -0.431. The van der Waals surface area contributed by atoms with Gasteiger partial charge in [0, 0.05) is 5.57 Å². The van der Waals surface area contributed by atoms with Crippen molar-refractivity contribution in [3.63, 3.8) is 0 Å². The monoisotopic (exact) mass is 323 g/mol. The van der Waals surface area contributed by atoms with Crippen molar-refractivity contribution in [2.75, 3.05) is 4.90 Å². The molecule has 5 heteroatoms. The van der Waals surface area contributed by atoms with Crippen molar-refractivity contribution in [2.24, 2.45) is 23.7 Å². The number of imide groups is 1. The summed E-state index contributed by atoms with van der Waals surface area (Å²) in [4.78, 5) is 38.2. The second-order valence-corrected chi connectivity index (χ2v) is 6.68. The molecule has 1 aromatic rings. The topological polar surface area (TPSA) is 63.7 Å². The average Bonchev–Trinajstić information content (AvgIpc) is 3.22. The second kappa shape index (κ2) is 5.16. The van der Waals surface area contributed by atoms with Crippen LogP contribution in [0.15, 0.2) is 48.6 Å². The molecule has 0 N–H and O–H groups in total. The number of ether oxygens (including phenoxy) is 1. The quantitative estimate of drug-likeness (QED) is 0.282. The minimum Gasteiger partial charge on any atom is -0.423 e. The summed E-state index contributed by atoms with van der Waals surface area (Å²) in [6.45, 7) is 5.09. The van der Waals surface area contributed by atoms with Gasteiger partial charge in [0.2, 0.25) is 11.8 Å². The standard InChI is InChI=1S/C19H17NO4/c1-10(2)19(23)24-14-7-5-13(6-8-14)20-17(21)15-11-3-4-12(9-11)16(15)18(20)22/h3-8,11-12,15-16H,1,9H2,2H3/t11?,12?,15-,16+. The first-order valence-corrected chi connectivity index (χ1v) is 8.01. The molecule has 3 aliphatic rings. The molecule has 0 aromatic heterocycles. The van der Waals surface area contributed by atoms with Gasteiger partial charge in [-0.05, 0) is 49.4 Å². The molecule has 1 aliphatic heterocycles. The van der Waals surface area contributed by atoms with Gasteiger partial charge in [-0.15, -0.1) is 0 Å². The van der Waals surface area contributed by atoms with Crippen LogP contribution < -0.4 is 9.64 Å². The van der Waals surface area contributed by atoms with Crippen LogP contribution in [0.1, 0.15) is 13.3 Å². The first-order valence-electron chi connectivity index (χ1n) is 8.01. The predicted molar refractivity (Wildman–Crippen MR) is 87.1 cm³/mol. The van der Waals surface area contributed by atoms with Gasteiger partial charge in [0.25, 0.3) is 0 Å². The highest BCUT2D eigenvalue weighted by Gasteiger charge is 2.59. The summed E-state index contributed by atoms with van der Waals surface area (Å²) in [6.07, 6.45) is 5.05. The number of amides is 2. The number of carbonyl (C=O) groups is 3. The van der Waals surface area contributed by atoms with E-state index in [4.69, 9.17) is 4.74 Å². The van der Waals surface area contributed by atoms with Gasteiger partial charge >= 0.3 is 5.97 Å². The number of hydrogen-bond acceptors (Lipinski definition) is 4. The Kier molecular flexibility index (Phi) is 3.20. The van der Waals surface area contributed by atoms with Gasteiger partial charge in [-0.1, -0.05) is 18.7 Å². The van der Waals surface area contributed by atoms with E-state index in [2.05, 4.69) is 18.7 Å². The highest BCUT2D eigenvalue weighted by molar-refractivity contribution is 6.22. The molecule has 122 valence electrons. The van der Waals surface area contributed by atoms with Gasteiger partial charge in [0.05, 0.1) is 17.5 Å². The van der Waals surface area contributed by atoms with Crippen molar-refractivity contribution in [3.05, 3.63) is 48.6 Å². The Morgan fingerprint density at radius 2 is 1.62 bits per heavy atom. The number of anilines is 1. The summed E-state index contributed by atoms with van der Waals surface area (Å²) in [7, 11) is 0. The lowest BCUT2D eigenvalue weighted by Crippen LogP contribution is -2.32. The predicted octanol–water partition coefficient (Wildman–Crippen LogP) is 2.48. The fourth-order valence-electron chi connectivity index (χ4n) is 4.01. The zero-order valence-corrected chi connectivity index (χ0v) is 13.3. The van der Waals surface area contributed by atoms with Crippen molar-refractivity contribution in [3.8, 4) is 5.75 Å². The van der Waals surface area contributed by atoms with Crippen LogP contribution >= 0.6 is 0 Å². The molecule has 1 saturated heterocycles. The molecule has 1 saturated carbocycles. The minimum absolute atomic E-state index is 0.117. The number of allylic oxidation sites excluding steroid dienone is 2. The van der Waals surface area contributed by atoms with Crippen LogP contribution in [0, 0.1) is 23.7 Å². The van der Waals surface area contributed by atoms with Crippen molar-refractivity contribution in [1.29, 1.82) is 0 Å². The van der Waals surface area contributed by atoms with Gasteiger partial charge in [-0.25, -0.2) is 4.79 Å². The summed E-state index contributed by atoms with van der Waals surface area (Å²) in [5.41, 5.74) is 0.827. The summed E-state index contributed by atoms with van der Waals surface area (Å²) >= 11 is 0. The Morgan fingerprint density at radius 1 is 1.08 bits per heavy atom. The van der Waals surface area contributed by atoms with Crippen molar-refractivity contribution in [1.82, 2.24) is 0 Å². The van der Waals surface area contributed by atoms with Gasteiger partial charge in [-0.2, -0.15) is 0 Å². The van der Waals surface area contributed by atoms with Crippen LogP contribution in [0.3, 0.4) is 0 Å². The maximum atomic E-state index is 12.7. The van der Waals surface area contributed by atoms with Crippen molar-refractivity contribution in [2.45, 2.75) is 13.3 Å². The molecule has 5 nitrogen and oxygen atoms in total. The number of nitrogens with zero attached hydrogens (tertiary/aromatic N) is 1. The number of rotatable bonds is 3. The lowest BCUT2D eigenvalue weighted by atomic mass is 9.85. The Bertz CT molecular complexity index is 762. The molecule has 1 heterocycles. The van der Waals surface area contributed by atoms with Crippen LogP contribution in [-0.2, 0) is 14.4 Å². The minimum atomic E-state index is -0.506. The summed E-state index contributed by atoms with van der Waals surface area (Å²) in [5, 5.41) is 0. The molecule has 2 bridgehead atoms. The highest BCUT2D eigenvalue weighted by atomic mass is 16.5. The molecule has 2 fully saturated rings. The maximum absolute atomic E-state index is 12.7. The van der Waals surface area contributed by atoms with E-state index in [0.717, 1.165) is 6.42 Å². The van der Waals surface area contributed by atoms with E-state index in [9.17, 15) is 14.4 Å². The maximum Gasteiger partial charge on any atom is 0.338 e. The van der Waals surface area contributed by atoms with Crippen molar-refractivity contribution >= 4 is 23.5 Å². The number of fused-ring (bicyclic) bond motifs is 5. The second-order valence-electron chi connectivity index (χ2n) is 6.68. The van der Waals surface area contributed by atoms with E-state index in [-0.39, 0.29) is 35.5 Å². The molecule has 24 heavy (non-hydrogen) atoms. The molecule has 2 unspecified atom stereocenters. The molecular weight excluding hydrogens is 306 g/mol. The van der Waals surface area contributed by atoms with Gasteiger partial charge in [-0.3, -0.25) is 14.5 Å². The lowest BCUT2D eigenvalue weighted by molar-refractivity contribution is -0.130. The number of esters is 1. The highest BCUT2D eigenvalue weighted by Crippen LogP contribution is 2.53. The fourth-order valence-corrected chi connectivity index (χ4v) is 4.01. The number of carbonyl (C=O) groups excluding carboxylic acids is 3. The van der Waals surface area contributed by atoms with Gasteiger partial charge < -0.3 is 4.74 Å². The van der Waals surface area contributed by atoms with Crippen molar-refractivity contribution < 1.29 is 19.1 Å². The number of benzene rings is 1. The zero-order valence-electron chi connectivity index (χ0n) is 13.3. The molecule has 2 aliphatic carbocycles. The van der Waals surface area contributed by atoms with E-state index in [1.54, 1.807) is 31.2 Å². The van der Waals surface area contributed by atoms with Crippen LogP contribution in [0.5, 0.6) is 5.75 Å². The molecule has 4 rings (SSSR count).